The third kappa shape index (κ3) is 2.19. The summed E-state index contributed by atoms with van der Waals surface area (Å²) in [5.74, 6) is -2.27. The Bertz CT molecular complexity index is 832. The molecule has 1 atom stereocenters. The number of fused-ring (bicyclic) bond motifs is 2. The molecule has 1 unspecified atom stereocenters. The molecule has 1 aromatic rings. The summed E-state index contributed by atoms with van der Waals surface area (Å²) in [6.07, 6.45) is -0.907. The topological polar surface area (TPSA) is 124 Å². The number of imide groups is 2. The van der Waals surface area contributed by atoms with Crippen LogP contribution in [-0.2, 0) is 22.7 Å². The van der Waals surface area contributed by atoms with Crippen LogP contribution in [-0.4, -0.2) is 50.7 Å². The van der Waals surface area contributed by atoms with E-state index in [-0.39, 0.29) is 37.1 Å². The summed E-state index contributed by atoms with van der Waals surface area (Å²) in [6.45, 7) is 0.301. The van der Waals surface area contributed by atoms with Crippen LogP contribution < -0.4 is 5.32 Å². The molecule has 2 N–H and O–H groups in total. The molecule has 0 radical (unpaired) electrons. The molecule has 0 aromatic heterocycles. The van der Waals surface area contributed by atoms with Gasteiger partial charge in [0.25, 0.3) is 11.8 Å². The quantitative estimate of drug-likeness (QED) is 0.696. The summed E-state index contributed by atoms with van der Waals surface area (Å²) in [5.41, 5.74) is 1.68. The molecule has 4 rings (SSSR count). The average molecular weight is 343 g/mol. The molecule has 0 bridgehead atoms. The molecule has 5 amide bonds. The standard InChI is InChI=1S/C16H13N3O6/c20-12-2-1-11(13(21)17-12)19-14(22)9-3-7-5-18(16(24)25)6-8(7)4-10(9)15(19)23/h3-4,11H,1-2,5-6H2,(H,24,25)(H,17,20,21). The molecule has 9 heteroatoms. The highest BCUT2D eigenvalue weighted by molar-refractivity contribution is 6.23. The predicted octanol–water partition coefficient (Wildman–Crippen LogP) is 0.0814. The Morgan fingerprint density at radius 1 is 1.04 bits per heavy atom. The first kappa shape index (κ1) is 15.3. The van der Waals surface area contributed by atoms with Gasteiger partial charge in [-0.15, -0.1) is 0 Å². The van der Waals surface area contributed by atoms with Crippen LogP contribution in [0, 0.1) is 0 Å². The molecule has 1 fully saturated rings. The van der Waals surface area contributed by atoms with Crippen molar-refractivity contribution in [1.29, 1.82) is 0 Å². The second-order valence-electron chi connectivity index (χ2n) is 6.25. The summed E-state index contributed by atoms with van der Waals surface area (Å²) in [7, 11) is 0. The number of benzene rings is 1. The van der Waals surface area contributed by atoms with Gasteiger partial charge in [-0.05, 0) is 29.7 Å². The van der Waals surface area contributed by atoms with Crippen molar-refractivity contribution in [2.45, 2.75) is 32.0 Å². The fourth-order valence-electron chi connectivity index (χ4n) is 3.50. The van der Waals surface area contributed by atoms with E-state index in [1.54, 1.807) is 0 Å². The zero-order valence-corrected chi connectivity index (χ0v) is 12.9. The van der Waals surface area contributed by atoms with Crippen LogP contribution in [0.15, 0.2) is 12.1 Å². The Morgan fingerprint density at radius 3 is 2.08 bits per heavy atom. The summed E-state index contributed by atoms with van der Waals surface area (Å²) in [6, 6.07) is 2.05. The van der Waals surface area contributed by atoms with Crippen LogP contribution >= 0.6 is 0 Å². The van der Waals surface area contributed by atoms with Crippen LogP contribution in [0.5, 0.6) is 0 Å². The number of nitrogens with zero attached hydrogens (tertiary/aromatic N) is 2. The van der Waals surface area contributed by atoms with Crippen molar-refractivity contribution in [2.24, 2.45) is 0 Å². The van der Waals surface area contributed by atoms with Crippen LogP contribution in [0.2, 0.25) is 0 Å². The first-order chi connectivity index (χ1) is 11.9. The third-order valence-electron chi connectivity index (χ3n) is 4.75. The van der Waals surface area contributed by atoms with Crippen LogP contribution in [0.25, 0.3) is 0 Å². The van der Waals surface area contributed by atoms with Crippen LogP contribution in [0.1, 0.15) is 44.7 Å². The third-order valence-corrected chi connectivity index (χ3v) is 4.75. The van der Waals surface area contributed by atoms with Crippen molar-refractivity contribution >= 4 is 29.7 Å². The zero-order valence-electron chi connectivity index (χ0n) is 12.9. The monoisotopic (exact) mass is 343 g/mol. The number of hydrogen-bond donors (Lipinski definition) is 2. The predicted molar refractivity (Wildman–Crippen MR) is 80.4 cm³/mol. The number of piperidine rings is 1. The van der Waals surface area contributed by atoms with Crippen LogP contribution in [0.4, 0.5) is 4.79 Å². The van der Waals surface area contributed by atoms with Crippen molar-refractivity contribution in [1.82, 2.24) is 15.1 Å². The Labute approximate surface area is 141 Å². The number of nitrogens with one attached hydrogen (secondary N) is 1. The van der Waals surface area contributed by atoms with E-state index >= 15 is 0 Å². The van der Waals surface area contributed by atoms with Gasteiger partial charge in [0.05, 0.1) is 11.1 Å². The SMILES string of the molecule is O=C1CCC(N2C(=O)c3cc4c(cc3C2=O)CN(C(=O)O)C4)C(=O)N1. The molecule has 0 spiro atoms. The minimum Gasteiger partial charge on any atom is -0.465 e. The molecule has 1 aromatic carbocycles. The van der Waals surface area contributed by atoms with Gasteiger partial charge in [-0.3, -0.25) is 34.3 Å². The molecule has 3 aliphatic rings. The van der Waals surface area contributed by atoms with Gasteiger partial charge >= 0.3 is 6.09 Å². The lowest BCUT2D eigenvalue weighted by atomic mass is 10.0. The van der Waals surface area contributed by atoms with E-state index in [0.29, 0.717) is 11.1 Å². The smallest absolute Gasteiger partial charge is 0.407 e. The van der Waals surface area contributed by atoms with Gasteiger partial charge < -0.3 is 5.11 Å². The molecule has 3 aliphatic heterocycles. The summed E-state index contributed by atoms with van der Waals surface area (Å²) >= 11 is 0. The first-order valence-corrected chi connectivity index (χ1v) is 7.72. The highest BCUT2D eigenvalue weighted by atomic mass is 16.4. The van der Waals surface area contributed by atoms with E-state index < -0.39 is 35.8 Å². The minimum absolute atomic E-state index is 0.0634. The van der Waals surface area contributed by atoms with E-state index in [4.69, 9.17) is 5.11 Å². The van der Waals surface area contributed by atoms with E-state index in [0.717, 1.165) is 4.90 Å². The minimum atomic E-state index is -1.07. The second-order valence-corrected chi connectivity index (χ2v) is 6.25. The summed E-state index contributed by atoms with van der Waals surface area (Å²) in [4.78, 5) is 61.8. The lowest BCUT2D eigenvalue weighted by molar-refractivity contribution is -0.136. The number of hydrogen-bond acceptors (Lipinski definition) is 5. The maximum Gasteiger partial charge on any atom is 0.407 e. The van der Waals surface area contributed by atoms with Gasteiger partial charge in [0, 0.05) is 19.5 Å². The van der Waals surface area contributed by atoms with Crippen molar-refractivity contribution in [3.63, 3.8) is 0 Å². The van der Waals surface area contributed by atoms with Gasteiger partial charge in [-0.1, -0.05) is 0 Å². The highest BCUT2D eigenvalue weighted by Crippen LogP contribution is 2.33. The molecular weight excluding hydrogens is 330 g/mol. The van der Waals surface area contributed by atoms with E-state index in [1.165, 1.54) is 17.0 Å². The molecule has 3 heterocycles. The normalized spacial score (nSPS) is 22.2. The molecule has 9 nitrogen and oxygen atoms in total. The molecule has 0 saturated carbocycles. The Kier molecular flexibility index (Phi) is 3.14. The average Bonchev–Trinajstić information content (AvgIpc) is 3.07. The molecule has 25 heavy (non-hydrogen) atoms. The van der Waals surface area contributed by atoms with Gasteiger partial charge in [-0.2, -0.15) is 0 Å². The highest BCUT2D eigenvalue weighted by Gasteiger charge is 2.45. The lowest BCUT2D eigenvalue weighted by Crippen LogP contribution is -2.54. The summed E-state index contributed by atoms with van der Waals surface area (Å²) in [5, 5.41) is 11.2. The maximum atomic E-state index is 12.7. The molecule has 0 aliphatic carbocycles. The van der Waals surface area contributed by atoms with Gasteiger partial charge in [0.2, 0.25) is 11.8 Å². The van der Waals surface area contributed by atoms with Gasteiger partial charge in [0.15, 0.2) is 0 Å². The van der Waals surface area contributed by atoms with Crippen LogP contribution in [0.3, 0.4) is 0 Å². The second kappa shape index (κ2) is 5.13. The van der Waals surface area contributed by atoms with Crippen molar-refractivity contribution in [3.05, 3.63) is 34.4 Å². The Balaban J connectivity index is 1.67. The fraction of sp³-hybridized carbons (Fsp3) is 0.312. The maximum absolute atomic E-state index is 12.7. The van der Waals surface area contributed by atoms with E-state index in [1.807, 2.05) is 0 Å². The number of rotatable bonds is 1. The van der Waals surface area contributed by atoms with E-state index in [9.17, 15) is 24.0 Å². The van der Waals surface area contributed by atoms with Gasteiger partial charge in [-0.25, -0.2) is 4.79 Å². The van der Waals surface area contributed by atoms with Crippen molar-refractivity contribution in [2.75, 3.05) is 0 Å². The molecular formula is C16H13N3O6. The van der Waals surface area contributed by atoms with Gasteiger partial charge in [0.1, 0.15) is 6.04 Å². The number of amides is 5. The fourth-order valence-corrected chi connectivity index (χ4v) is 3.50. The van der Waals surface area contributed by atoms with E-state index in [2.05, 4.69) is 5.32 Å². The largest absolute Gasteiger partial charge is 0.465 e. The Morgan fingerprint density at radius 2 is 1.60 bits per heavy atom. The molecule has 1 saturated heterocycles. The number of carbonyl (C=O) groups is 5. The first-order valence-electron chi connectivity index (χ1n) is 7.72. The molecule has 128 valence electrons. The summed E-state index contributed by atoms with van der Waals surface area (Å²) < 4.78 is 0. The lowest BCUT2D eigenvalue weighted by Gasteiger charge is -2.27. The van der Waals surface area contributed by atoms with Crippen molar-refractivity contribution < 1.29 is 29.1 Å². The van der Waals surface area contributed by atoms with Crippen molar-refractivity contribution in [3.8, 4) is 0 Å². The Hall–Kier alpha value is -3.23. The number of carboxylic acid groups (broad SMARTS) is 1. The number of carbonyl (C=O) groups excluding carboxylic acids is 4. The zero-order chi connectivity index (χ0) is 17.9.